The molecule has 0 N–H and O–H groups in total. The molecule has 0 heterocycles. The molecular weight excluding hydrogens is 205 g/mol. The van der Waals surface area contributed by atoms with Crippen molar-refractivity contribution in [3.05, 3.63) is 6.43 Å². The van der Waals surface area contributed by atoms with E-state index < -0.39 is 30.9 Å². The van der Waals surface area contributed by atoms with Crippen molar-refractivity contribution in [3.63, 3.8) is 0 Å². The summed E-state index contributed by atoms with van der Waals surface area (Å²) < 4.78 is 83.2. The van der Waals surface area contributed by atoms with Crippen molar-refractivity contribution in [2.24, 2.45) is 0 Å². The van der Waals surface area contributed by atoms with Crippen LogP contribution in [0.15, 0.2) is 0 Å². The van der Waals surface area contributed by atoms with Gasteiger partial charge in [0, 0.05) is 0 Å². The smallest absolute Gasteiger partial charge is 0.241 e. The highest BCUT2D eigenvalue weighted by molar-refractivity contribution is 4.99. The van der Waals surface area contributed by atoms with E-state index in [1.807, 2.05) is 0 Å². The maximum atomic E-state index is 12.2. The summed E-state index contributed by atoms with van der Waals surface area (Å²) >= 11 is 0. The second kappa shape index (κ2) is 3.71. The summed E-state index contributed by atoms with van der Waals surface area (Å²) in [6, 6.07) is 0. The standard InChI is InChI=1S/C6H6F7/c1-2-3(7)5(10,11)6(12,13)4(8)9/h3H,2H2,1H3. The highest BCUT2D eigenvalue weighted by Crippen LogP contribution is 2.46. The molecule has 0 aromatic heterocycles. The minimum Gasteiger partial charge on any atom is -0.241 e. The fourth-order valence-corrected chi connectivity index (χ4v) is 0.579. The fourth-order valence-electron chi connectivity index (χ4n) is 0.579. The summed E-state index contributed by atoms with van der Waals surface area (Å²) in [4.78, 5) is 0. The molecule has 0 fully saturated rings. The van der Waals surface area contributed by atoms with Crippen LogP contribution in [0.2, 0.25) is 0 Å². The average molecular weight is 211 g/mol. The molecule has 0 saturated heterocycles. The van der Waals surface area contributed by atoms with E-state index >= 15 is 0 Å². The minimum absolute atomic E-state index is 0.852. The predicted octanol–water partition coefficient (Wildman–Crippen LogP) is 3.43. The Labute approximate surface area is 69.7 Å². The first kappa shape index (κ1) is 12.5. The molecule has 0 saturated carbocycles. The van der Waals surface area contributed by atoms with Crippen molar-refractivity contribution in [1.82, 2.24) is 0 Å². The van der Waals surface area contributed by atoms with Crippen LogP contribution in [0.3, 0.4) is 0 Å². The Morgan fingerprint density at radius 2 is 1.54 bits per heavy atom. The van der Waals surface area contributed by atoms with E-state index in [2.05, 4.69) is 0 Å². The Hall–Kier alpha value is -0.490. The molecule has 0 nitrogen and oxygen atoms in total. The van der Waals surface area contributed by atoms with Gasteiger partial charge >= 0.3 is 18.3 Å². The molecule has 1 radical (unpaired) electrons. The van der Waals surface area contributed by atoms with Gasteiger partial charge in [-0.1, -0.05) is 6.92 Å². The maximum absolute atomic E-state index is 12.2. The first-order valence-electron chi connectivity index (χ1n) is 3.26. The van der Waals surface area contributed by atoms with E-state index in [1.54, 1.807) is 0 Å². The van der Waals surface area contributed by atoms with Crippen molar-refractivity contribution in [1.29, 1.82) is 0 Å². The van der Waals surface area contributed by atoms with Gasteiger partial charge in [-0.05, 0) is 6.42 Å². The summed E-state index contributed by atoms with van der Waals surface area (Å²) in [5.41, 5.74) is 0. The lowest BCUT2D eigenvalue weighted by molar-refractivity contribution is -0.254. The van der Waals surface area contributed by atoms with E-state index in [1.165, 1.54) is 0 Å². The lowest BCUT2D eigenvalue weighted by Gasteiger charge is -2.26. The lowest BCUT2D eigenvalue weighted by atomic mass is 10.1. The van der Waals surface area contributed by atoms with Gasteiger partial charge in [-0.2, -0.15) is 26.3 Å². The topological polar surface area (TPSA) is 0 Å². The Bertz CT molecular complexity index is 164. The Morgan fingerprint density at radius 1 is 1.15 bits per heavy atom. The number of hydrogen-bond acceptors (Lipinski definition) is 0. The van der Waals surface area contributed by atoms with Crippen LogP contribution in [0, 0.1) is 6.43 Å². The third kappa shape index (κ3) is 2.05. The normalized spacial score (nSPS) is 16.4. The van der Waals surface area contributed by atoms with Gasteiger partial charge in [0.15, 0.2) is 6.17 Å². The molecule has 1 atom stereocenters. The minimum atomic E-state index is -5.71. The SMILES string of the molecule is CCC(F)C(F)(F)C(F)(F)[C](F)F. The molecule has 0 aromatic rings. The molecule has 0 aliphatic rings. The van der Waals surface area contributed by atoms with E-state index in [0.29, 0.717) is 0 Å². The van der Waals surface area contributed by atoms with Crippen LogP contribution in [-0.2, 0) is 0 Å². The van der Waals surface area contributed by atoms with Crippen LogP contribution >= 0.6 is 0 Å². The number of halogens is 7. The van der Waals surface area contributed by atoms with Crippen LogP contribution in [0.25, 0.3) is 0 Å². The summed E-state index contributed by atoms with van der Waals surface area (Å²) in [5, 5.41) is 0. The van der Waals surface area contributed by atoms with Crippen molar-refractivity contribution in [2.75, 3.05) is 0 Å². The van der Waals surface area contributed by atoms with Gasteiger partial charge in [0.25, 0.3) is 0 Å². The summed E-state index contributed by atoms with van der Waals surface area (Å²) in [6.45, 7) is 0.852. The third-order valence-electron chi connectivity index (χ3n) is 1.41. The number of alkyl halides is 5. The molecule has 7 heteroatoms. The van der Waals surface area contributed by atoms with E-state index in [9.17, 15) is 30.7 Å². The maximum Gasteiger partial charge on any atom is 0.384 e. The van der Waals surface area contributed by atoms with Gasteiger partial charge in [-0.25, -0.2) is 4.39 Å². The summed E-state index contributed by atoms with van der Waals surface area (Å²) in [6.07, 6.45) is -8.03. The molecule has 0 spiro atoms. The molecule has 0 aliphatic carbocycles. The van der Waals surface area contributed by atoms with E-state index in [0.717, 1.165) is 6.92 Å². The Morgan fingerprint density at radius 3 is 1.77 bits per heavy atom. The molecule has 0 bridgehead atoms. The zero-order valence-corrected chi connectivity index (χ0v) is 6.43. The van der Waals surface area contributed by atoms with Gasteiger partial charge in [0.1, 0.15) is 0 Å². The molecule has 0 amide bonds. The van der Waals surface area contributed by atoms with Crippen LogP contribution in [0.4, 0.5) is 30.7 Å². The van der Waals surface area contributed by atoms with E-state index in [4.69, 9.17) is 0 Å². The van der Waals surface area contributed by atoms with Crippen molar-refractivity contribution in [3.8, 4) is 0 Å². The molecule has 0 aliphatic heterocycles. The summed E-state index contributed by atoms with van der Waals surface area (Å²) in [5.74, 6) is -11.1. The Kier molecular flexibility index (Phi) is 3.57. The molecule has 1 unspecified atom stereocenters. The first-order chi connectivity index (χ1) is 5.67. The first-order valence-corrected chi connectivity index (χ1v) is 3.26. The highest BCUT2D eigenvalue weighted by Gasteiger charge is 2.67. The molecule has 79 valence electrons. The van der Waals surface area contributed by atoms with Gasteiger partial charge < -0.3 is 0 Å². The average Bonchev–Trinajstić information content (AvgIpc) is 2.02. The van der Waals surface area contributed by atoms with Crippen molar-refractivity contribution < 1.29 is 30.7 Å². The highest BCUT2D eigenvalue weighted by atomic mass is 19.3. The second-order valence-electron chi connectivity index (χ2n) is 2.33. The number of rotatable bonds is 4. The summed E-state index contributed by atoms with van der Waals surface area (Å²) in [7, 11) is 0. The lowest BCUT2D eigenvalue weighted by Crippen LogP contribution is -2.49. The van der Waals surface area contributed by atoms with Gasteiger partial charge in [-0.3, -0.25) is 0 Å². The quantitative estimate of drug-likeness (QED) is 0.625. The third-order valence-corrected chi connectivity index (χ3v) is 1.41. The molecule has 0 aromatic carbocycles. The van der Waals surface area contributed by atoms with Crippen LogP contribution < -0.4 is 0 Å². The molecule has 0 rings (SSSR count). The van der Waals surface area contributed by atoms with Crippen molar-refractivity contribution in [2.45, 2.75) is 31.4 Å². The Balaban J connectivity index is 4.80. The number of hydrogen-bond donors (Lipinski definition) is 0. The fraction of sp³-hybridized carbons (Fsp3) is 0.833. The second-order valence-corrected chi connectivity index (χ2v) is 2.33. The largest absolute Gasteiger partial charge is 0.384 e. The van der Waals surface area contributed by atoms with Crippen LogP contribution in [-0.4, -0.2) is 18.0 Å². The van der Waals surface area contributed by atoms with Crippen LogP contribution in [0.5, 0.6) is 0 Å². The van der Waals surface area contributed by atoms with Crippen molar-refractivity contribution >= 4 is 0 Å². The zero-order valence-electron chi connectivity index (χ0n) is 6.43. The zero-order chi connectivity index (χ0) is 10.9. The van der Waals surface area contributed by atoms with Gasteiger partial charge in [0.05, 0.1) is 0 Å². The monoisotopic (exact) mass is 211 g/mol. The van der Waals surface area contributed by atoms with Gasteiger partial charge in [0.2, 0.25) is 0 Å². The molecule has 13 heavy (non-hydrogen) atoms. The van der Waals surface area contributed by atoms with E-state index in [-0.39, 0.29) is 0 Å². The molecular formula is C6H6F7. The predicted molar refractivity (Wildman–Crippen MR) is 30.5 cm³/mol. The van der Waals surface area contributed by atoms with Gasteiger partial charge in [-0.15, -0.1) is 0 Å². The van der Waals surface area contributed by atoms with Crippen LogP contribution in [0.1, 0.15) is 13.3 Å².